The third-order valence-electron chi connectivity index (χ3n) is 4.14. The van der Waals surface area contributed by atoms with Crippen LogP contribution >= 0.6 is 11.6 Å². The van der Waals surface area contributed by atoms with Crippen LogP contribution in [0.25, 0.3) is 11.3 Å². The Morgan fingerprint density at radius 1 is 1.03 bits per heavy atom. The number of alkyl halides is 3. The Kier molecular flexibility index (Phi) is 5.87. The smallest absolute Gasteiger partial charge is 0.322 e. The molecule has 0 aliphatic carbocycles. The molecule has 30 heavy (non-hydrogen) atoms. The van der Waals surface area contributed by atoms with E-state index in [1.807, 2.05) is 0 Å². The molecular weight excluding hydrogens is 441 g/mol. The topological polar surface area (TPSA) is 76.1 Å². The zero-order chi connectivity index (χ0) is 22.1. The summed E-state index contributed by atoms with van der Waals surface area (Å²) in [5, 5.41) is 2.88. The summed E-state index contributed by atoms with van der Waals surface area (Å²) in [6.07, 6.45) is -2.73. The van der Waals surface area contributed by atoms with Crippen LogP contribution in [0.15, 0.2) is 65.7 Å². The molecule has 0 saturated heterocycles. The molecule has 1 aromatic heterocycles. The highest BCUT2D eigenvalue weighted by Gasteiger charge is 2.30. The van der Waals surface area contributed by atoms with Crippen LogP contribution in [-0.2, 0) is 16.0 Å². The van der Waals surface area contributed by atoms with Crippen LogP contribution in [0.2, 0.25) is 5.02 Å². The second-order valence-electron chi connectivity index (χ2n) is 6.38. The van der Waals surface area contributed by atoms with Gasteiger partial charge < -0.3 is 5.32 Å². The lowest BCUT2D eigenvalue weighted by Crippen LogP contribution is -2.12. The Morgan fingerprint density at radius 3 is 2.23 bits per heavy atom. The number of rotatable bonds is 4. The molecule has 0 spiro atoms. The van der Waals surface area contributed by atoms with Crippen molar-refractivity contribution in [1.82, 2.24) is 4.98 Å². The van der Waals surface area contributed by atoms with Crippen molar-refractivity contribution in [3.05, 3.63) is 76.9 Å². The molecule has 1 amide bonds. The molecule has 1 heterocycles. The van der Waals surface area contributed by atoms with E-state index in [0.29, 0.717) is 17.4 Å². The van der Waals surface area contributed by atoms with Crippen molar-refractivity contribution in [3.8, 4) is 11.3 Å². The van der Waals surface area contributed by atoms with Crippen molar-refractivity contribution in [2.75, 3.05) is 11.6 Å². The molecule has 0 radical (unpaired) electrons. The number of pyridine rings is 1. The van der Waals surface area contributed by atoms with Crippen molar-refractivity contribution < 1.29 is 26.4 Å². The van der Waals surface area contributed by atoms with Crippen LogP contribution in [0.3, 0.4) is 0 Å². The number of halogens is 4. The first kappa shape index (κ1) is 21.8. The maximum atomic E-state index is 12.7. The van der Waals surface area contributed by atoms with E-state index in [-0.39, 0.29) is 21.2 Å². The summed E-state index contributed by atoms with van der Waals surface area (Å²) < 4.78 is 61.1. The van der Waals surface area contributed by atoms with E-state index in [1.54, 1.807) is 0 Å². The highest BCUT2D eigenvalue weighted by molar-refractivity contribution is 7.90. The van der Waals surface area contributed by atoms with Gasteiger partial charge in [0, 0.05) is 29.3 Å². The summed E-state index contributed by atoms with van der Waals surface area (Å²) >= 11 is 6.14. The molecule has 0 bridgehead atoms. The van der Waals surface area contributed by atoms with E-state index < -0.39 is 27.5 Å². The van der Waals surface area contributed by atoms with Crippen LogP contribution < -0.4 is 5.32 Å². The summed E-state index contributed by atoms with van der Waals surface area (Å²) in [6, 6.07) is 12.0. The van der Waals surface area contributed by atoms with Crippen molar-refractivity contribution in [1.29, 1.82) is 0 Å². The minimum Gasteiger partial charge on any atom is -0.322 e. The van der Waals surface area contributed by atoms with Gasteiger partial charge in [0.05, 0.1) is 21.2 Å². The molecule has 0 aliphatic rings. The SMILES string of the molecule is CS(=O)(=O)c1ccc(C(=O)Nc2ccc(Cl)c(-c3ccc(C(F)(F)F)cn3)c2)cc1. The number of aromatic nitrogens is 1. The molecule has 1 N–H and O–H groups in total. The molecule has 0 unspecified atom stereocenters. The Labute approximate surface area is 175 Å². The van der Waals surface area contributed by atoms with Crippen molar-refractivity contribution in [2.24, 2.45) is 0 Å². The van der Waals surface area contributed by atoms with Gasteiger partial charge >= 0.3 is 6.18 Å². The molecule has 3 aromatic rings. The summed E-state index contributed by atoms with van der Waals surface area (Å²) in [6.45, 7) is 0. The molecule has 5 nitrogen and oxygen atoms in total. The lowest BCUT2D eigenvalue weighted by atomic mass is 10.1. The van der Waals surface area contributed by atoms with Gasteiger partial charge in [-0.3, -0.25) is 9.78 Å². The minimum atomic E-state index is -4.50. The summed E-state index contributed by atoms with van der Waals surface area (Å²) in [5.41, 5.74) is 0.237. The first-order valence-corrected chi connectivity index (χ1v) is 10.7. The van der Waals surface area contributed by atoms with Gasteiger partial charge in [0.25, 0.3) is 5.91 Å². The third-order valence-corrected chi connectivity index (χ3v) is 5.59. The Morgan fingerprint density at radius 2 is 1.70 bits per heavy atom. The number of carbonyl (C=O) groups is 1. The molecule has 0 saturated carbocycles. The number of hydrogen-bond donors (Lipinski definition) is 1. The van der Waals surface area contributed by atoms with E-state index in [2.05, 4.69) is 10.3 Å². The number of nitrogens with zero attached hydrogens (tertiary/aromatic N) is 1. The van der Waals surface area contributed by atoms with E-state index >= 15 is 0 Å². The first-order chi connectivity index (χ1) is 13.9. The fourth-order valence-electron chi connectivity index (χ4n) is 2.58. The standard InChI is InChI=1S/C20H14ClF3N2O3S/c1-30(28,29)15-6-2-12(3-7-15)19(27)26-14-5-8-17(21)16(10-14)18-9-4-13(11-25-18)20(22,23)24/h2-11H,1H3,(H,26,27). The summed E-state index contributed by atoms with van der Waals surface area (Å²) in [4.78, 5) is 16.3. The molecule has 156 valence electrons. The van der Waals surface area contributed by atoms with Gasteiger partial charge in [0.15, 0.2) is 9.84 Å². The van der Waals surface area contributed by atoms with Gasteiger partial charge in [-0.1, -0.05) is 11.6 Å². The Bertz CT molecular complexity index is 1190. The fourth-order valence-corrected chi connectivity index (χ4v) is 3.42. The predicted octanol–water partition coefficient (Wildman–Crippen LogP) is 5.08. The maximum absolute atomic E-state index is 12.7. The van der Waals surface area contributed by atoms with Crippen molar-refractivity contribution in [3.63, 3.8) is 0 Å². The van der Waals surface area contributed by atoms with E-state index in [4.69, 9.17) is 11.6 Å². The molecule has 0 atom stereocenters. The number of nitrogens with one attached hydrogen (secondary N) is 1. The highest BCUT2D eigenvalue weighted by atomic mass is 35.5. The number of sulfone groups is 1. The third kappa shape index (κ3) is 4.98. The average Bonchev–Trinajstić information content (AvgIpc) is 2.68. The van der Waals surface area contributed by atoms with E-state index in [9.17, 15) is 26.4 Å². The highest BCUT2D eigenvalue weighted by Crippen LogP contribution is 2.33. The number of hydrogen-bond acceptors (Lipinski definition) is 4. The monoisotopic (exact) mass is 454 g/mol. The second-order valence-corrected chi connectivity index (χ2v) is 8.80. The molecule has 0 aliphatic heterocycles. The van der Waals surface area contributed by atoms with E-state index in [1.165, 1.54) is 48.5 Å². The predicted molar refractivity (Wildman–Crippen MR) is 107 cm³/mol. The van der Waals surface area contributed by atoms with Crippen LogP contribution in [0.1, 0.15) is 15.9 Å². The zero-order valence-electron chi connectivity index (χ0n) is 15.4. The molecular formula is C20H14ClF3N2O3S. The van der Waals surface area contributed by atoms with E-state index in [0.717, 1.165) is 12.3 Å². The van der Waals surface area contributed by atoms with Crippen LogP contribution in [0.5, 0.6) is 0 Å². The van der Waals surface area contributed by atoms with Gasteiger partial charge in [0.2, 0.25) is 0 Å². The lowest BCUT2D eigenvalue weighted by molar-refractivity contribution is -0.137. The fraction of sp³-hybridized carbons (Fsp3) is 0.100. The Balaban J connectivity index is 1.84. The first-order valence-electron chi connectivity index (χ1n) is 8.40. The summed E-state index contributed by atoms with van der Waals surface area (Å²) in [7, 11) is -3.38. The summed E-state index contributed by atoms with van der Waals surface area (Å²) in [5.74, 6) is -0.497. The van der Waals surface area contributed by atoms with Gasteiger partial charge in [-0.2, -0.15) is 13.2 Å². The Hall–Kier alpha value is -2.91. The van der Waals surface area contributed by atoms with Crippen LogP contribution in [0, 0.1) is 0 Å². The molecule has 10 heteroatoms. The minimum absolute atomic E-state index is 0.0845. The normalized spacial score (nSPS) is 11.9. The number of carbonyl (C=O) groups excluding carboxylic acids is 1. The van der Waals surface area contributed by atoms with Crippen LogP contribution in [0.4, 0.5) is 18.9 Å². The van der Waals surface area contributed by atoms with Gasteiger partial charge in [-0.25, -0.2) is 8.42 Å². The molecule has 2 aromatic carbocycles. The van der Waals surface area contributed by atoms with Gasteiger partial charge in [0.1, 0.15) is 0 Å². The lowest BCUT2D eigenvalue weighted by Gasteiger charge is -2.11. The number of benzene rings is 2. The van der Waals surface area contributed by atoms with Crippen molar-refractivity contribution >= 4 is 33.0 Å². The quantitative estimate of drug-likeness (QED) is 0.596. The van der Waals surface area contributed by atoms with Gasteiger partial charge in [-0.15, -0.1) is 0 Å². The zero-order valence-corrected chi connectivity index (χ0v) is 16.9. The maximum Gasteiger partial charge on any atom is 0.417 e. The number of amides is 1. The molecule has 3 rings (SSSR count). The largest absolute Gasteiger partial charge is 0.417 e. The molecule has 0 fully saturated rings. The van der Waals surface area contributed by atoms with Crippen LogP contribution in [-0.4, -0.2) is 25.6 Å². The average molecular weight is 455 g/mol. The van der Waals surface area contributed by atoms with Crippen molar-refractivity contribution in [2.45, 2.75) is 11.1 Å². The number of anilines is 1. The van der Waals surface area contributed by atoms with Gasteiger partial charge in [-0.05, 0) is 54.6 Å². The second kappa shape index (κ2) is 8.08.